The Hall–Kier alpha value is -2.32. The van der Waals surface area contributed by atoms with E-state index in [1.165, 1.54) is 0 Å². The summed E-state index contributed by atoms with van der Waals surface area (Å²) in [5.41, 5.74) is 1.50. The molecule has 0 aliphatic carbocycles. The first-order valence-corrected chi connectivity index (χ1v) is 9.96. The lowest BCUT2D eigenvalue weighted by atomic mass is 10.1. The molecule has 0 saturated heterocycles. The molecule has 2 aromatic rings. The number of nitrogens with zero attached hydrogens (tertiary/aromatic N) is 1. The summed E-state index contributed by atoms with van der Waals surface area (Å²) in [7, 11) is 0. The zero-order valence-corrected chi connectivity index (χ0v) is 18.0. The van der Waals surface area contributed by atoms with E-state index in [-0.39, 0.29) is 11.6 Å². The van der Waals surface area contributed by atoms with Gasteiger partial charge in [-0.15, -0.1) is 0 Å². The highest BCUT2D eigenvalue weighted by molar-refractivity contribution is 14.1. The third kappa shape index (κ3) is 4.74. The van der Waals surface area contributed by atoms with E-state index in [9.17, 15) is 4.79 Å². The third-order valence-corrected chi connectivity index (χ3v) is 4.71. The molecular formula is C21H17ClINO4. The average molecular weight is 510 g/mol. The normalized spacial score (nSPS) is 14.6. The number of hydrogen-bond donors (Lipinski definition) is 0. The van der Waals surface area contributed by atoms with Gasteiger partial charge in [0.15, 0.2) is 17.2 Å². The molecule has 0 bridgehead atoms. The fourth-order valence-corrected chi connectivity index (χ4v) is 3.18. The summed E-state index contributed by atoms with van der Waals surface area (Å²) >= 11 is 8.37. The quantitative estimate of drug-likeness (QED) is 0.221. The first-order chi connectivity index (χ1) is 13.5. The summed E-state index contributed by atoms with van der Waals surface area (Å²) in [6.45, 7) is 6.38. The molecule has 28 heavy (non-hydrogen) atoms. The number of esters is 1. The van der Waals surface area contributed by atoms with Gasteiger partial charge in [-0.05, 0) is 71.5 Å². The number of rotatable bonds is 7. The molecule has 0 N–H and O–H groups in total. The van der Waals surface area contributed by atoms with Crippen molar-refractivity contribution in [2.45, 2.75) is 6.92 Å². The van der Waals surface area contributed by atoms with Crippen molar-refractivity contribution >= 4 is 52.1 Å². The van der Waals surface area contributed by atoms with Crippen molar-refractivity contribution in [2.75, 3.05) is 13.2 Å². The number of aliphatic imine (C=N–C) groups is 1. The Kier molecular flexibility index (Phi) is 6.74. The monoisotopic (exact) mass is 509 g/mol. The zero-order valence-electron chi connectivity index (χ0n) is 15.1. The molecule has 0 amide bonds. The van der Waals surface area contributed by atoms with Crippen molar-refractivity contribution in [3.8, 4) is 11.5 Å². The highest BCUT2D eigenvalue weighted by atomic mass is 127. The molecule has 0 spiro atoms. The molecule has 2 aromatic carbocycles. The molecule has 0 fully saturated rings. The number of carbonyl (C=O) groups excluding carboxylic acids is 1. The van der Waals surface area contributed by atoms with Gasteiger partial charge in [-0.1, -0.05) is 30.3 Å². The minimum Gasteiger partial charge on any atom is -0.490 e. The average Bonchev–Trinajstić information content (AvgIpc) is 3.03. The molecule has 1 aliphatic rings. The van der Waals surface area contributed by atoms with Gasteiger partial charge in [0, 0.05) is 3.57 Å². The lowest BCUT2D eigenvalue weighted by molar-refractivity contribution is -0.129. The number of hydrogen-bond acceptors (Lipinski definition) is 5. The molecule has 1 heterocycles. The van der Waals surface area contributed by atoms with Gasteiger partial charge in [0.1, 0.15) is 6.61 Å². The van der Waals surface area contributed by atoms with E-state index in [0.717, 1.165) is 9.13 Å². The highest BCUT2D eigenvalue weighted by Crippen LogP contribution is 2.31. The van der Waals surface area contributed by atoms with Gasteiger partial charge in [0.05, 0.1) is 17.2 Å². The van der Waals surface area contributed by atoms with Crippen LogP contribution in [0.1, 0.15) is 18.1 Å². The number of cyclic esters (lactones) is 1. The molecule has 0 atom stereocenters. The van der Waals surface area contributed by atoms with E-state index in [0.29, 0.717) is 35.3 Å². The van der Waals surface area contributed by atoms with E-state index in [1.54, 1.807) is 30.4 Å². The molecular weight excluding hydrogens is 493 g/mol. The van der Waals surface area contributed by atoms with E-state index in [2.05, 4.69) is 34.2 Å². The van der Waals surface area contributed by atoms with Gasteiger partial charge in [-0.3, -0.25) is 0 Å². The maximum Gasteiger partial charge on any atom is 0.363 e. The van der Waals surface area contributed by atoms with Crippen molar-refractivity contribution in [1.29, 1.82) is 0 Å². The third-order valence-electron chi connectivity index (χ3n) is 3.71. The fraction of sp³-hybridized carbons (Fsp3) is 0.143. The second-order valence-electron chi connectivity index (χ2n) is 5.70. The summed E-state index contributed by atoms with van der Waals surface area (Å²) in [6, 6.07) is 10.8. The Morgan fingerprint density at radius 3 is 2.79 bits per heavy atom. The summed E-state index contributed by atoms with van der Waals surface area (Å²) in [6.07, 6.45) is 3.29. The molecule has 5 nitrogen and oxygen atoms in total. The molecule has 0 saturated carbocycles. The molecule has 0 radical (unpaired) electrons. The van der Waals surface area contributed by atoms with Crippen LogP contribution in [0.15, 0.2) is 59.7 Å². The van der Waals surface area contributed by atoms with Crippen LogP contribution in [0.3, 0.4) is 0 Å². The second-order valence-corrected chi connectivity index (χ2v) is 7.35. The van der Waals surface area contributed by atoms with Crippen LogP contribution >= 0.6 is 34.2 Å². The molecule has 1 aliphatic heterocycles. The van der Waals surface area contributed by atoms with Crippen LogP contribution in [0.4, 0.5) is 0 Å². The summed E-state index contributed by atoms with van der Waals surface area (Å²) < 4.78 is 17.5. The number of ether oxygens (including phenoxy) is 3. The topological polar surface area (TPSA) is 57.1 Å². The predicted molar refractivity (Wildman–Crippen MR) is 118 cm³/mol. The van der Waals surface area contributed by atoms with Gasteiger partial charge in [-0.2, -0.15) is 0 Å². The first-order valence-electron chi connectivity index (χ1n) is 8.50. The minimum atomic E-state index is -0.533. The van der Waals surface area contributed by atoms with Crippen LogP contribution in [0.25, 0.3) is 6.08 Å². The summed E-state index contributed by atoms with van der Waals surface area (Å²) in [5, 5.41) is 0.468. The van der Waals surface area contributed by atoms with Crippen LogP contribution < -0.4 is 9.47 Å². The summed E-state index contributed by atoms with van der Waals surface area (Å²) in [5.74, 6) is 0.841. The molecule has 3 rings (SSSR count). The Morgan fingerprint density at radius 2 is 2.04 bits per heavy atom. The van der Waals surface area contributed by atoms with Crippen molar-refractivity contribution in [3.05, 3.63) is 74.5 Å². The number of benzene rings is 2. The van der Waals surface area contributed by atoms with Crippen LogP contribution in [-0.2, 0) is 9.53 Å². The van der Waals surface area contributed by atoms with Crippen molar-refractivity contribution in [3.63, 3.8) is 0 Å². The Labute approximate surface area is 181 Å². The standard InChI is InChI=1S/C21H17ClINO4/c1-3-9-27-18-8-5-13(11-19(18)26-4-2)10-17-21(25)28-20(24-17)15-12-14(23)6-7-16(15)22/h3,5-8,10-12H,1,4,9H2,2H3. The second kappa shape index (κ2) is 9.25. The highest BCUT2D eigenvalue weighted by Gasteiger charge is 2.26. The number of halogens is 2. The smallest absolute Gasteiger partial charge is 0.363 e. The van der Waals surface area contributed by atoms with Crippen molar-refractivity contribution < 1.29 is 19.0 Å². The van der Waals surface area contributed by atoms with Crippen LogP contribution in [0.2, 0.25) is 5.02 Å². The van der Waals surface area contributed by atoms with E-state index in [4.69, 9.17) is 25.8 Å². The first kappa shape index (κ1) is 20.4. The van der Waals surface area contributed by atoms with Crippen LogP contribution in [0.5, 0.6) is 11.5 Å². The summed E-state index contributed by atoms with van der Waals surface area (Å²) in [4.78, 5) is 16.6. The van der Waals surface area contributed by atoms with Crippen molar-refractivity contribution in [2.24, 2.45) is 4.99 Å². The van der Waals surface area contributed by atoms with Gasteiger partial charge >= 0.3 is 5.97 Å². The van der Waals surface area contributed by atoms with E-state index in [1.807, 2.05) is 25.1 Å². The van der Waals surface area contributed by atoms with E-state index < -0.39 is 5.97 Å². The van der Waals surface area contributed by atoms with E-state index >= 15 is 0 Å². The van der Waals surface area contributed by atoms with Gasteiger partial charge in [0.25, 0.3) is 0 Å². The van der Waals surface area contributed by atoms with Gasteiger partial charge in [0.2, 0.25) is 5.90 Å². The minimum absolute atomic E-state index is 0.187. The predicted octanol–water partition coefficient (Wildman–Crippen LogP) is 5.25. The Morgan fingerprint density at radius 1 is 1.21 bits per heavy atom. The molecule has 7 heteroatoms. The van der Waals surface area contributed by atoms with Crippen LogP contribution in [-0.4, -0.2) is 25.1 Å². The fourth-order valence-electron chi connectivity index (χ4n) is 2.49. The molecule has 0 unspecified atom stereocenters. The van der Waals surface area contributed by atoms with Gasteiger partial charge in [-0.25, -0.2) is 9.79 Å². The Balaban J connectivity index is 1.93. The molecule has 0 aromatic heterocycles. The lowest BCUT2D eigenvalue weighted by Crippen LogP contribution is -2.06. The number of carbonyl (C=O) groups is 1. The lowest BCUT2D eigenvalue weighted by Gasteiger charge is -2.11. The SMILES string of the molecule is C=CCOc1ccc(C=C2N=C(c3cc(I)ccc3Cl)OC2=O)cc1OCC. The zero-order chi connectivity index (χ0) is 20.1. The maximum atomic E-state index is 12.3. The largest absolute Gasteiger partial charge is 0.490 e. The van der Waals surface area contributed by atoms with Crippen LogP contribution in [0, 0.1) is 3.57 Å². The Bertz CT molecular complexity index is 984. The molecule has 144 valence electrons. The maximum absolute atomic E-state index is 12.3. The van der Waals surface area contributed by atoms with Crippen molar-refractivity contribution in [1.82, 2.24) is 0 Å². The van der Waals surface area contributed by atoms with Gasteiger partial charge < -0.3 is 14.2 Å².